The SMILES string of the molecule is O=S(O)C1=COCO1. The minimum atomic E-state index is -2.03. The van der Waals surface area contributed by atoms with Gasteiger partial charge in [0.05, 0.1) is 0 Å². The molecule has 0 aliphatic carbocycles. The lowest BCUT2D eigenvalue weighted by Gasteiger charge is -1.90. The van der Waals surface area contributed by atoms with Crippen LogP contribution in [0.3, 0.4) is 0 Å². The lowest BCUT2D eigenvalue weighted by atomic mass is 11.1. The van der Waals surface area contributed by atoms with E-state index in [1.54, 1.807) is 0 Å². The van der Waals surface area contributed by atoms with Crippen LogP contribution in [-0.4, -0.2) is 15.6 Å². The maximum atomic E-state index is 10.0. The van der Waals surface area contributed by atoms with E-state index in [1.807, 2.05) is 0 Å². The van der Waals surface area contributed by atoms with E-state index in [2.05, 4.69) is 9.47 Å². The Labute approximate surface area is 48.4 Å². The highest BCUT2D eigenvalue weighted by Gasteiger charge is 2.10. The zero-order valence-electron chi connectivity index (χ0n) is 3.86. The van der Waals surface area contributed by atoms with Gasteiger partial charge in [-0.2, -0.15) is 0 Å². The maximum absolute atomic E-state index is 10.0. The predicted octanol–water partition coefficient (Wildman–Crippen LogP) is 0.0113. The summed E-state index contributed by atoms with van der Waals surface area (Å²) in [7, 11) is 0. The van der Waals surface area contributed by atoms with Crippen molar-refractivity contribution in [3.63, 3.8) is 0 Å². The third-order valence-corrected chi connectivity index (χ3v) is 1.18. The van der Waals surface area contributed by atoms with Crippen LogP contribution in [0.15, 0.2) is 11.4 Å². The lowest BCUT2D eigenvalue weighted by molar-refractivity contribution is 0.0874. The van der Waals surface area contributed by atoms with Gasteiger partial charge in [-0.05, 0) is 0 Å². The van der Waals surface area contributed by atoms with Gasteiger partial charge >= 0.3 is 0 Å². The molecule has 0 bridgehead atoms. The molecule has 0 saturated heterocycles. The topological polar surface area (TPSA) is 55.8 Å². The van der Waals surface area contributed by atoms with E-state index < -0.39 is 11.1 Å². The van der Waals surface area contributed by atoms with E-state index >= 15 is 0 Å². The van der Waals surface area contributed by atoms with Crippen LogP contribution in [0.2, 0.25) is 0 Å². The standard InChI is InChI=1S/C3H4O4S/c4-8(5)3-1-6-2-7-3/h1H,2H2,(H,4,5). The molecule has 0 aromatic carbocycles. The first-order valence-corrected chi connectivity index (χ1v) is 2.97. The first-order chi connectivity index (χ1) is 3.80. The van der Waals surface area contributed by atoms with Gasteiger partial charge in [0, 0.05) is 0 Å². The van der Waals surface area contributed by atoms with Crippen LogP contribution in [0.5, 0.6) is 0 Å². The summed E-state index contributed by atoms with van der Waals surface area (Å²) in [6.07, 6.45) is 1.12. The van der Waals surface area contributed by atoms with Gasteiger partial charge in [-0.25, -0.2) is 4.21 Å². The fraction of sp³-hybridized carbons (Fsp3) is 0.333. The lowest BCUT2D eigenvalue weighted by Crippen LogP contribution is -1.92. The largest absolute Gasteiger partial charge is 0.460 e. The number of rotatable bonds is 1. The fourth-order valence-corrected chi connectivity index (χ4v) is 0.619. The van der Waals surface area contributed by atoms with Crippen molar-refractivity contribution in [2.24, 2.45) is 0 Å². The number of ether oxygens (including phenoxy) is 2. The van der Waals surface area contributed by atoms with Crippen molar-refractivity contribution in [3.05, 3.63) is 11.4 Å². The Hall–Kier alpha value is -0.550. The van der Waals surface area contributed by atoms with Crippen molar-refractivity contribution < 1.29 is 18.2 Å². The van der Waals surface area contributed by atoms with Gasteiger partial charge in [0.15, 0.2) is 0 Å². The zero-order valence-corrected chi connectivity index (χ0v) is 4.68. The van der Waals surface area contributed by atoms with Crippen LogP contribution < -0.4 is 0 Å². The normalized spacial score (nSPS) is 20.9. The molecular formula is C3H4O4S. The highest BCUT2D eigenvalue weighted by atomic mass is 32.2. The molecule has 1 rings (SSSR count). The van der Waals surface area contributed by atoms with Gasteiger partial charge in [0.2, 0.25) is 23.0 Å². The molecule has 0 aromatic rings. The van der Waals surface area contributed by atoms with Gasteiger partial charge in [0.25, 0.3) is 0 Å². The predicted molar refractivity (Wildman–Crippen MR) is 25.9 cm³/mol. The van der Waals surface area contributed by atoms with Gasteiger partial charge < -0.3 is 9.47 Å². The van der Waals surface area contributed by atoms with Crippen molar-refractivity contribution in [1.82, 2.24) is 0 Å². The van der Waals surface area contributed by atoms with Crippen molar-refractivity contribution in [2.75, 3.05) is 6.79 Å². The molecular weight excluding hydrogens is 132 g/mol. The zero-order chi connectivity index (χ0) is 5.98. The summed E-state index contributed by atoms with van der Waals surface area (Å²) in [6.45, 7) is 0.0433. The van der Waals surface area contributed by atoms with Gasteiger partial charge in [-0.1, -0.05) is 0 Å². The van der Waals surface area contributed by atoms with Crippen LogP contribution >= 0.6 is 0 Å². The molecule has 0 spiro atoms. The third kappa shape index (κ3) is 0.988. The minimum absolute atomic E-state index is 0.0231. The van der Waals surface area contributed by atoms with E-state index in [9.17, 15) is 4.21 Å². The Morgan fingerprint density at radius 2 is 2.62 bits per heavy atom. The Morgan fingerprint density at radius 3 is 2.88 bits per heavy atom. The minimum Gasteiger partial charge on any atom is -0.460 e. The smallest absolute Gasteiger partial charge is 0.249 e. The van der Waals surface area contributed by atoms with Crippen molar-refractivity contribution in [2.45, 2.75) is 0 Å². The van der Waals surface area contributed by atoms with Crippen LogP contribution in [-0.2, 0) is 20.6 Å². The monoisotopic (exact) mass is 136 g/mol. The third-order valence-electron chi connectivity index (χ3n) is 0.621. The molecule has 5 heteroatoms. The first-order valence-electron chi connectivity index (χ1n) is 1.86. The molecule has 0 aromatic heterocycles. The summed E-state index contributed by atoms with van der Waals surface area (Å²) in [6, 6.07) is 0. The average Bonchev–Trinajstić information content (AvgIpc) is 2.12. The molecule has 46 valence electrons. The van der Waals surface area contributed by atoms with Crippen LogP contribution in [0.1, 0.15) is 0 Å². The first kappa shape index (κ1) is 5.58. The molecule has 1 unspecified atom stereocenters. The summed E-state index contributed by atoms with van der Waals surface area (Å²) in [5.74, 6) is 0. The summed E-state index contributed by atoms with van der Waals surface area (Å²) >= 11 is -2.03. The maximum Gasteiger partial charge on any atom is 0.249 e. The quantitative estimate of drug-likeness (QED) is 0.516. The van der Waals surface area contributed by atoms with Crippen LogP contribution in [0, 0.1) is 0 Å². The molecule has 1 atom stereocenters. The van der Waals surface area contributed by atoms with E-state index in [0.29, 0.717) is 0 Å². The second kappa shape index (κ2) is 2.15. The van der Waals surface area contributed by atoms with E-state index in [-0.39, 0.29) is 11.9 Å². The Morgan fingerprint density at radius 1 is 1.88 bits per heavy atom. The highest BCUT2D eigenvalue weighted by molar-refractivity contribution is 7.83. The molecule has 0 amide bonds. The van der Waals surface area contributed by atoms with Gasteiger partial charge in [-0.15, -0.1) is 0 Å². The summed E-state index contributed by atoms with van der Waals surface area (Å²) in [5.41, 5.74) is 0. The Balaban J connectivity index is 2.57. The molecule has 1 aliphatic heterocycles. The summed E-state index contributed by atoms with van der Waals surface area (Å²) in [4.78, 5) is 0. The van der Waals surface area contributed by atoms with Crippen LogP contribution in [0.25, 0.3) is 0 Å². The molecule has 0 fully saturated rings. The summed E-state index contributed by atoms with van der Waals surface area (Å²) in [5, 5.41) is -0.0231. The molecule has 1 aliphatic rings. The second-order valence-corrected chi connectivity index (χ2v) is 2.02. The molecule has 0 saturated carbocycles. The number of hydrogen-bond donors (Lipinski definition) is 1. The highest BCUT2D eigenvalue weighted by Crippen LogP contribution is 2.07. The Bertz CT molecular complexity index is 140. The summed E-state index contributed by atoms with van der Waals surface area (Å²) < 4.78 is 27.3. The average molecular weight is 136 g/mol. The van der Waals surface area contributed by atoms with Crippen LogP contribution in [0.4, 0.5) is 0 Å². The molecule has 4 nitrogen and oxygen atoms in total. The molecule has 0 radical (unpaired) electrons. The van der Waals surface area contributed by atoms with Crippen molar-refractivity contribution in [3.8, 4) is 0 Å². The number of hydrogen-bond acceptors (Lipinski definition) is 3. The van der Waals surface area contributed by atoms with E-state index in [0.717, 1.165) is 6.26 Å². The van der Waals surface area contributed by atoms with E-state index in [1.165, 1.54) is 0 Å². The molecule has 1 N–H and O–H groups in total. The molecule has 1 heterocycles. The van der Waals surface area contributed by atoms with Gasteiger partial charge in [0.1, 0.15) is 6.26 Å². The van der Waals surface area contributed by atoms with Gasteiger partial charge in [-0.3, -0.25) is 4.55 Å². The Kier molecular flexibility index (Phi) is 1.50. The molecule has 8 heavy (non-hydrogen) atoms. The van der Waals surface area contributed by atoms with Crippen molar-refractivity contribution >= 4 is 11.1 Å². The van der Waals surface area contributed by atoms with E-state index in [4.69, 9.17) is 4.55 Å². The fourth-order valence-electron chi connectivity index (χ4n) is 0.320. The second-order valence-electron chi connectivity index (χ2n) is 1.11. The van der Waals surface area contributed by atoms with Crippen molar-refractivity contribution in [1.29, 1.82) is 0 Å².